The van der Waals surface area contributed by atoms with Gasteiger partial charge in [-0.15, -0.1) is 0 Å². The van der Waals surface area contributed by atoms with Crippen molar-refractivity contribution in [2.45, 2.75) is 32.2 Å². The van der Waals surface area contributed by atoms with Gasteiger partial charge in [0.25, 0.3) is 5.91 Å². The Morgan fingerprint density at radius 1 is 0.923 bits per heavy atom. The topological polar surface area (TPSA) is 54.9 Å². The second-order valence-corrected chi connectivity index (χ2v) is 6.66. The summed E-state index contributed by atoms with van der Waals surface area (Å²) in [5.74, 6) is -0.0272. The fraction of sp³-hybridized carbons (Fsp3) is 0.227. The van der Waals surface area contributed by atoms with Crippen molar-refractivity contribution >= 4 is 5.91 Å². The number of hydrogen-bond acceptors (Lipinski definition) is 3. The van der Waals surface area contributed by atoms with Crippen molar-refractivity contribution in [3.63, 3.8) is 0 Å². The van der Waals surface area contributed by atoms with E-state index >= 15 is 0 Å². The number of carbonyl (C=O) groups excluding carboxylic acids is 1. The maximum absolute atomic E-state index is 12.5. The van der Waals surface area contributed by atoms with Crippen molar-refractivity contribution in [1.82, 2.24) is 15.3 Å². The molecule has 4 rings (SSSR count). The van der Waals surface area contributed by atoms with Gasteiger partial charge in [-0.05, 0) is 78.8 Å². The summed E-state index contributed by atoms with van der Waals surface area (Å²) in [7, 11) is 0. The van der Waals surface area contributed by atoms with Crippen LogP contribution >= 0.6 is 0 Å². The summed E-state index contributed by atoms with van der Waals surface area (Å²) >= 11 is 0. The first kappa shape index (κ1) is 16.5. The molecule has 1 N–H and O–H groups in total. The van der Waals surface area contributed by atoms with Gasteiger partial charge in [-0.3, -0.25) is 14.8 Å². The number of hydrogen-bond donors (Lipinski definition) is 1. The number of benzene rings is 1. The van der Waals surface area contributed by atoms with Crippen LogP contribution in [0.3, 0.4) is 0 Å². The number of pyridine rings is 2. The number of aromatic nitrogens is 2. The van der Waals surface area contributed by atoms with Crippen LogP contribution in [0, 0.1) is 0 Å². The molecule has 4 heteroatoms. The lowest BCUT2D eigenvalue weighted by atomic mass is 9.90. The Balaban J connectivity index is 1.45. The van der Waals surface area contributed by atoms with Gasteiger partial charge in [0.05, 0.1) is 5.69 Å². The van der Waals surface area contributed by atoms with Gasteiger partial charge < -0.3 is 5.32 Å². The summed E-state index contributed by atoms with van der Waals surface area (Å²) < 4.78 is 0. The molecule has 0 saturated carbocycles. The molecule has 0 bridgehead atoms. The highest BCUT2D eigenvalue weighted by Gasteiger charge is 2.13. The summed E-state index contributed by atoms with van der Waals surface area (Å²) in [6.45, 7) is 0.483. The fourth-order valence-corrected chi connectivity index (χ4v) is 3.42. The normalized spacial score (nSPS) is 13.1. The first-order chi connectivity index (χ1) is 12.8. The van der Waals surface area contributed by atoms with Gasteiger partial charge >= 0.3 is 0 Å². The number of nitrogens with one attached hydrogen (secondary N) is 1. The summed E-state index contributed by atoms with van der Waals surface area (Å²) in [6.07, 6.45) is 9.95. The number of aryl methyl sites for hydroxylation is 2. The van der Waals surface area contributed by atoms with E-state index in [9.17, 15) is 4.79 Å². The van der Waals surface area contributed by atoms with Crippen LogP contribution in [0.1, 0.15) is 39.9 Å². The number of rotatable bonds is 4. The largest absolute Gasteiger partial charge is 0.348 e. The SMILES string of the molecule is O=C(NCc1ccnc(-c2ccncc2)c1)c1ccc2c(c1)CCCC2. The molecule has 1 aliphatic carbocycles. The average molecular weight is 343 g/mol. The van der Waals surface area contributed by atoms with E-state index in [1.165, 1.54) is 24.0 Å². The van der Waals surface area contributed by atoms with Crippen molar-refractivity contribution in [1.29, 1.82) is 0 Å². The molecule has 0 fully saturated rings. The van der Waals surface area contributed by atoms with E-state index in [-0.39, 0.29) is 5.91 Å². The predicted molar refractivity (Wildman–Crippen MR) is 102 cm³/mol. The van der Waals surface area contributed by atoms with Crippen molar-refractivity contribution in [2.75, 3.05) is 0 Å². The third kappa shape index (κ3) is 3.64. The minimum Gasteiger partial charge on any atom is -0.348 e. The van der Waals surface area contributed by atoms with E-state index in [0.717, 1.165) is 35.2 Å². The molecule has 2 aromatic heterocycles. The van der Waals surface area contributed by atoms with Gasteiger partial charge in [0.15, 0.2) is 0 Å². The van der Waals surface area contributed by atoms with Gasteiger partial charge in [-0.2, -0.15) is 0 Å². The van der Waals surface area contributed by atoms with Crippen LogP contribution in [0.4, 0.5) is 0 Å². The highest BCUT2D eigenvalue weighted by Crippen LogP contribution is 2.22. The van der Waals surface area contributed by atoms with E-state index in [2.05, 4.69) is 27.4 Å². The predicted octanol–water partition coefficient (Wildman–Crippen LogP) is 3.95. The fourth-order valence-electron chi connectivity index (χ4n) is 3.42. The number of fused-ring (bicyclic) bond motifs is 1. The second-order valence-electron chi connectivity index (χ2n) is 6.66. The van der Waals surface area contributed by atoms with Crippen LogP contribution in [0.15, 0.2) is 61.1 Å². The Morgan fingerprint density at radius 3 is 2.58 bits per heavy atom. The summed E-state index contributed by atoms with van der Waals surface area (Å²) in [5, 5.41) is 3.02. The van der Waals surface area contributed by atoms with Crippen LogP contribution in [0.5, 0.6) is 0 Å². The Hall–Kier alpha value is -3.01. The molecule has 1 aromatic carbocycles. The highest BCUT2D eigenvalue weighted by atomic mass is 16.1. The smallest absolute Gasteiger partial charge is 0.251 e. The van der Waals surface area contributed by atoms with Crippen molar-refractivity contribution in [2.24, 2.45) is 0 Å². The second kappa shape index (κ2) is 7.48. The van der Waals surface area contributed by atoms with Crippen LogP contribution in [-0.2, 0) is 19.4 Å². The molecule has 3 aromatic rings. The lowest BCUT2D eigenvalue weighted by Gasteiger charge is -2.16. The van der Waals surface area contributed by atoms with E-state index in [4.69, 9.17) is 0 Å². The Bertz CT molecular complexity index is 922. The maximum atomic E-state index is 12.5. The van der Waals surface area contributed by atoms with E-state index in [1.54, 1.807) is 18.6 Å². The molecule has 0 atom stereocenters. The molecule has 130 valence electrons. The molecule has 2 heterocycles. The summed E-state index contributed by atoms with van der Waals surface area (Å²) in [5.41, 5.74) is 6.39. The minimum absolute atomic E-state index is 0.0272. The third-order valence-corrected chi connectivity index (χ3v) is 4.86. The first-order valence-electron chi connectivity index (χ1n) is 9.05. The molecular formula is C22H21N3O. The van der Waals surface area contributed by atoms with E-state index in [0.29, 0.717) is 6.54 Å². The number of nitrogens with zero attached hydrogens (tertiary/aromatic N) is 2. The zero-order chi connectivity index (χ0) is 17.8. The number of carbonyl (C=O) groups is 1. The quantitative estimate of drug-likeness (QED) is 0.780. The zero-order valence-electron chi connectivity index (χ0n) is 14.6. The summed E-state index contributed by atoms with van der Waals surface area (Å²) in [6, 6.07) is 13.9. The van der Waals surface area contributed by atoms with Crippen molar-refractivity contribution in [3.05, 3.63) is 83.3 Å². The average Bonchev–Trinajstić information content (AvgIpc) is 2.72. The molecule has 26 heavy (non-hydrogen) atoms. The molecule has 0 spiro atoms. The van der Waals surface area contributed by atoms with Crippen LogP contribution in [-0.4, -0.2) is 15.9 Å². The molecule has 1 amide bonds. The van der Waals surface area contributed by atoms with Gasteiger partial charge in [0.1, 0.15) is 0 Å². The van der Waals surface area contributed by atoms with Crippen molar-refractivity contribution in [3.8, 4) is 11.3 Å². The molecule has 0 radical (unpaired) electrons. The standard InChI is InChI=1S/C22H21N3O/c26-22(20-6-5-17-3-1-2-4-19(17)14-20)25-15-16-7-12-24-21(13-16)18-8-10-23-11-9-18/h5-14H,1-4,15H2,(H,25,26). The monoisotopic (exact) mass is 343 g/mol. The van der Waals surface area contributed by atoms with E-state index in [1.807, 2.05) is 30.3 Å². The van der Waals surface area contributed by atoms with E-state index < -0.39 is 0 Å². The molecule has 0 aliphatic heterocycles. The Morgan fingerprint density at radius 2 is 1.73 bits per heavy atom. The zero-order valence-corrected chi connectivity index (χ0v) is 14.6. The number of amides is 1. The molecular weight excluding hydrogens is 322 g/mol. The van der Waals surface area contributed by atoms with Crippen molar-refractivity contribution < 1.29 is 4.79 Å². The van der Waals surface area contributed by atoms with Gasteiger partial charge in [-0.25, -0.2) is 0 Å². The van der Waals surface area contributed by atoms with Crippen LogP contribution in [0.2, 0.25) is 0 Å². The summed E-state index contributed by atoms with van der Waals surface area (Å²) in [4.78, 5) is 21.0. The van der Waals surface area contributed by atoms with Gasteiger partial charge in [0.2, 0.25) is 0 Å². The molecule has 0 unspecified atom stereocenters. The first-order valence-corrected chi connectivity index (χ1v) is 9.05. The molecule has 1 aliphatic rings. The lowest BCUT2D eigenvalue weighted by molar-refractivity contribution is 0.0950. The Labute approximate surface area is 153 Å². The molecule has 4 nitrogen and oxygen atoms in total. The third-order valence-electron chi connectivity index (χ3n) is 4.86. The van der Waals surface area contributed by atoms with Crippen LogP contribution < -0.4 is 5.32 Å². The van der Waals surface area contributed by atoms with Crippen LogP contribution in [0.25, 0.3) is 11.3 Å². The molecule has 0 saturated heterocycles. The highest BCUT2D eigenvalue weighted by molar-refractivity contribution is 5.94. The van der Waals surface area contributed by atoms with Gasteiger partial charge in [-0.1, -0.05) is 6.07 Å². The Kier molecular flexibility index (Phi) is 4.73. The van der Waals surface area contributed by atoms with Gasteiger partial charge in [0, 0.05) is 36.3 Å². The maximum Gasteiger partial charge on any atom is 0.251 e. The lowest BCUT2D eigenvalue weighted by Crippen LogP contribution is -2.23. The minimum atomic E-state index is -0.0272.